The van der Waals surface area contributed by atoms with Gasteiger partial charge in [0.05, 0.1) is 11.0 Å². The van der Waals surface area contributed by atoms with Crippen molar-refractivity contribution in [3.63, 3.8) is 0 Å². The molecule has 0 atom stereocenters. The van der Waals surface area contributed by atoms with Crippen LogP contribution < -0.4 is 11.1 Å². The fourth-order valence-electron chi connectivity index (χ4n) is 5.14. The number of hydrogen-bond acceptors (Lipinski definition) is 7. The monoisotopic (exact) mass is 694 g/mol. The number of nitrogen functional groups attached to an aromatic ring is 1. The lowest BCUT2D eigenvalue weighted by molar-refractivity contribution is -0.120. The summed E-state index contributed by atoms with van der Waals surface area (Å²) in [5.41, 5.74) is 12.4. The molecule has 2 aromatic heterocycles. The number of nitrogens with two attached hydrogens (primary N) is 1. The predicted molar refractivity (Wildman–Crippen MR) is 212 cm³/mol. The van der Waals surface area contributed by atoms with Gasteiger partial charge < -0.3 is 30.3 Å². The van der Waals surface area contributed by atoms with E-state index in [1.165, 1.54) is 5.56 Å². The van der Waals surface area contributed by atoms with E-state index >= 15 is 0 Å². The Balaban J connectivity index is 0.00000176. The summed E-state index contributed by atoms with van der Waals surface area (Å²) >= 11 is 0. The minimum Gasteiger partial charge on any atom is -0.508 e. The first kappa shape index (κ1) is 46.0. The fourth-order valence-corrected chi connectivity index (χ4v) is 5.14. The molecule has 50 heavy (non-hydrogen) atoms. The average molecular weight is 694 g/mol. The molecule has 0 saturated carbocycles. The van der Waals surface area contributed by atoms with Crippen molar-refractivity contribution in [1.29, 1.82) is 0 Å². The Morgan fingerprint density at radius 3 is 2.24 bits per heavy atom. The molecule has 0 aliphatic rings. The lowest BCUT2D eigenvalue weighted by Crippen LogP contribution is -2.20. The van der Waals surface area contributed by atoms with Crippen LogP contribution in [0.25, 0.3) is 21.9 Å². The molecule has 0 spiro atoms. The van der Waals surface area contributed by atoms with Crippen molar-refractivity contribution in [3.05, 3.63) is 58.9 Å². The van der Waals surface area contributed by atoms with Crippen molar-refractivity contribution in [2.45, 2.75) is 127 Å². The molecule has 0 fully saturated rings. The Kier molecular flexibility index (Phi) is 22.3. The van der Waals surface area contributed by atoms with Crippen molar-refractivity contribution in [2.24, 2.45) is 5.92 Å². The summed E-state index contributed by atoms with van der Waals surface area (Å²) in [6.07, 6.45) is 5.64. The summed E-state index contributed by atoms with van der Waals surface area (Å²) < 4.78 is 8.22. The number of nitrogens with zero attached hydrogens (tertiary/aromatic N) is 3. The molecule has 0 aliphatic carbocycles. The molecular formula is C41H67N5O4. The Hall–Kier alpha value is -3.98. The second-order valence-corrected chi connectivity index (χ2v) is 12.7. The summed E-state index contributed by atoms with van der Waals surface area (Å²) in [4.78, 5) is 27.9. The molecule has 9 heteroatoms. The molecule has 4 rings (SSSR count). The third-order valence-electron chi connectivity index (χ3n) is 8.23. The molecule has 4 aromatic rings. The molecule has 0 saturated heterocycles. The third kappa shape index (κ3) is 13.7. The first-order valence-electron chi connectivity index (χ1n) is 18.4. The smallest absolute Gasteiger partial charge is 0.219 e. The number of aromatic hydroxyl groups is 1. The number of aryl methyl sites for hydroxylation is 2. The van der Waals surface area contributed by atoms with E-state index in [1.54, 1.807) is 13.1 Å². The van der Waals surface area contributed by atoms with Gasteiger partial charge in [0.15, 0.2) is 5.82 Å². The number of phenols is 1. The van der Waals surface area contributed by atoms with Gasteiger partial charge in [0, 0.05) is 45.0 Å². The van der Waals surface area contributed by atoms with Crippen LogP contribution in [-0.4, -0.2) is 52.6 Å². The van der Waals surface area contributed by atoms with E-state index in [1.807, 2.05) is 60.5 Å². The zero-order chi connectivity index (χ0) is 38.4. The van der Waals surface area contributed by atoms with Crippen molar-refractivity contribution in [2.75, 3.05) is 26.0 Å². The number of amides is 1. The standard InChI is InChI=1S/C32H44N4O2.C4H9NO.2C2H6.CH2O/c1-7-8-9-28-35-29-30(36(28)20-23-10-13-27(37)22(4)18-23)25-12-11-24(19-26(25)34-31(29)33)32(5,6)15-17-38-16-14-21(2)3;1-3-4(6)5-2;3*1-2/h10-13,18-19,21,37H,7-9,14-17,20H2,1-6H3,(H2,33,34);3H2,1-2H3,(H,5,6);2*1-2H3;1H2. The topological polar surface area (TPSA) is 132 Å². The van der Waals surface area contributed by atoms with Gasteiger partial charge in [0.25, 0.3) is 0 Å². The number of ether oxygens (including phenoxy) is 1. The van der Waals surface area contributed by atoms with Crippen LogP contribution in [0.4, 0.5) is 5.82 Å². The van der Waals surface area contributed by atoms with E-state index in [2.05, 4.69) is 62.7 Å². The van der Waals surface area contributed by atoms with E-state index in [-0.39, 0.29) is 11.3 Å². The molecule has 1 amide bonds. The number of imidazole rings is 1. The van der Waals surface area contributed by atoms with E-state index in [4.69, 9.17) is 25.2 Å². The van der Waals surface area contributed by atoms with E-state index in [9.17, 15) is 9.90 Å². The maximum atomic E-state index is 10.1. The van der Waals surface area contributed by atoms with Crippen molar-refractivity contribution in [1.82, 2.24) is 19.9 Å². The van der Waals surface area contributed by atoms with Gasteiger partial charge in [0.1, 0.15) is 23.9 Å². The maximum absolute atomic E-state index is 10.1. The van der Waals surface area contributed by atoms with Crippen LogP contribution in [0.2, 0.25) is 0 Å². The molecule has 0 radical (unpaired) electrons. The Labute approximate surface area is 302 Å². The summed E-state index contributed by atoms with van der Waals surface area (Å²) in [6, 6.07) is 12.4. The summed E-state index contributed by atoms with van der Waals surface area (Å²) in [6.45, 7) is 27.1. The number of pyridine rings is 1. The molecule has 0 bridgehead atoms. The van der Waals surface area contributed by atoms with Gasteiger partial charge in [-0.2, -0.15) is 0 Å². The molecule has 2 heterocycles. The summed E-state index contributed by atoms with van der Waals surface area (Å²) in [5.74, 6) is 2.56. The van der Waals surface area contributed by atoms with Gasteiger partial charge in [-0.3, -0.25) is 4.79 Å². The van der Waals surface area contributed by atoms with Crippen molar-refractivity contribution < 1.29 is 19.4 Å². The largest absolute Gasteiger partial charge is 0.508 e. The van der Waals surface area contributed by atoms with Crippen LogP contribution in [0.1, 0.15) is 124 Å². The minimum absolute atomic E-state index is 0.0481. The number of phenolic OH excluding ortho intramolecular Hbond substituents is 1. The zero-order valence-corrected chi connectivity index (χ0v) is 33.2. The quantitative estimate of drug-likeness (QED) is 0.119. The number of carbonyl (C=O) groups excluding carboxylic acids is 2. The average Bonchev–Trinajstić information content (AvgIpc) is 3.49. The second-order valence-electron chi connectivity index (χ2n) is 12.7. The van der Waals surface area contributed by atoms with Crippen LogP contribution in [0.5, 0.6) is 5.75 Å². The highest BCUT2D eigenvalue weighted by Gasteiger charge is 2.23. The van der Waals surface area contributed by atoms with Gasteiger partial charge in [0.2, 0.25) is 5.91 Å². The molecule has 280 valence electrons. The fraction of sp³-hybridized carbons (Fsp3) is 0.561. The van der Waals surface area contributed by atoms with Gasteiger partial charge in [-0.25, -0.2) is 9.97 Å². The van der Waals surface area contributed by atoms with Crippen molar-refractivity contribution in [3.8, 4) is 5.75 Å². The lowest BCUT2D eigenvalue weighted by Gasteiger charge is -2.26. The normalized spacial score (nSPS) is 10.6. The number of unbranched alkanes of at least 4 members (excludes halogenated alkanes) is 1. The van der Waals surface area contributed by atoms with E-state index in [0.29, 0.717) is 30.5 Å². The van der Waals surface area contributed by atoms with Crippen LogP contribution in [0, 0.1) is 12.8 Å². The third-order valence-corrected chi connectivity index (χ3v) is 8.23. The highest BCUT2D eigenvalue weighted by atomic mass is 16.5. The number of fused-ring (bicyclic) bond motifs is 3. The highest BCUT2D eigenvalue weighted by molar-refractivity contribution is 6.06. The number of rotatable bonds is 13. The van der Waals surface area contributed by atoms with Gasteiger partial charge in [-0.15, -0.1) is 0 Å². The van der Waals surface area contributed by atoms with Gasteiger partial charge in [-0.1, -0.05) is 99.9 Å². The van der Waals surface area contributed by atoms with E-state index < -0.39 is 0 Å². The SMILES string of the molecule is C=O.CC.CC.CCC(=O)NC.CCCCc1nc2c(N)nc3cc(C(C)(C)CCOCCC(C)C)ccc3c2n1Cc1ccc(O)c(C)c1. The van der Waals surface area contributed by atoms with Crippen LogP contribution >= 0.6 is 0 Å². The van der Waals surface area contributed by atoms with Gasteiger partial charge >= 0.3 is 0 Å². The molecule has 4 N–H and O–H groups in total. The summed E-state index contributed by atoms with van der Waals surface area (Å²) in [5, 5.41) is 13.6. The van der Waals surface area contributed by atoms with Crippen molar-refractivity contribution >= 4 is 40.5 Å². The minimum atomic E-state index is -0.0481. The number of anilines is 1. The van der Waals surface area contributed by atoms with Gasteiger partial charge in [-0.05, 0) is 66.3 Å². The summed E-state index contributed by atoms with van der Waals surface area (Å²) in [7, 11) is 1.63. The van der Waals surface area contributed by atoms with Crippen LogP contribution in [0.3, 0.4) is 0 Å². The van der Waals surface area contributed by atoms with E-state index in [0.717, 1.165) is 84.2 Å². The lowest BCUT2D eigenvalue weighted by atomic mass is 9.81. The molecule has 2 aromatic carbocycles. The first-order chi connectivity index (χ1) is 23.9. The van der Waals surface area contributed by atoms with Crippen LogP contribution in [0.15, 0.2) is 36.4 Å². The highest BCUT2D eigenvalue weighted by Crippen LogP contribution is 2.34. The Bertz CT molecular complexity index is 1560. The van der Waals surface area contributed by atoms with Crippen LogP contribution in [-0.2, 0) is 32.7 Å². The number of benzene rings is 2. The molecule has 0 unspecified atom stereocenters. The number of hydrogen-bond donors (Lipinski definition) is 3. The molecule has 9 nitrogen and oxygen atoms in total. The molecular weight excluding hydrogens is 626 g/mol. The molecule has 0 aliphatic heterocycles. The Morgan fingerprint density at radius 1 is 1.04 bits per heavy atom. The zero-order valence-electron chi connectivity index (χ0n) is 33.2. The first-order valence-corrected chi connectivity index (χ1v) is 18.4. The number of carbonyl (C=O) groups is 2. The second kappa shape index (κ2) is 24.2. The predicted octanol–water partition coefficient (Wildman–Crippen LogP) is 9.31. The Morgan fingerprint density at radius 2 is 1.70 bits per heavy atom. The number of nitrogens with one attached hydrogen (secondary N) is 1. The number of aromatic nitrogens is 3. The maximum Gasteiger partial charge on any atom is 0.219 e.